The second-order valence-electron chi connectivity index (χ2n) is 5.06. The molecule has 0 bridgehead atoms. The molecule has 1 aliphatic heterocycles. The predicted octanol–water partition coefficient (Wildman–Crippen LogP) is 0.481. The smallest absolute Gasteiger partial charge is 0.325 e. The lowest BCUT2D eigenvalue weighted by molar-refractivity contribution is -0.134. The van der Waals surface area contributed by atoms with Crippen LogP contribution < -0.4 is 10.6 Å². The van der Waals surface area contributed by atoms with Crippen LogP contribution in [0, 0.1) is 24.0 Å². The second kappa shape index (κ2) is 6.04. The largest absolute Gasteiger partial charge is 0.344 e. The first-order valence-corrected chi connectivity index (χ1v) is 6.59. The maximum absolute atomic E-state index is 13.4. The zero-order chi connectivity index (χ0) is 17.2. The van der Waals surface area contributed by atoms with Crippen molar-refractivity contribution in [1.29, 1.82) is 0 Å². The monoisotopic (exact) mass is 321 g/mol. The molecule has 1 aromatic rings. The molecule has 1 aliphatic rings. The Balaban J connectivity index is 2.24. The summed E-state index contributed by atoms with van der Waals surface area (Å²) in [5.74, 6) is -1.38. The van der Waals surface area contributed by atoms with E-state index in [0.717, 1.165) is 12.1 Å². The third kappa shape index (κ3) is 2.99. The van der Waals surface area contributed by atoms with Gasteiger partial charge in [-0.15, -0.1) is 6.42 Å². The van der Waals surface area contributed by atoms with Crippen molar-refractivity contribution in [3.05, 3.63) is 35.4 Å². The van der Waals surface area contributed by atoms with Gasteiger partial charge in [0.1, 0.15) is 12.1 Å². The quantitative estimate of drug-likeness (QED) is 0.625. The first kappa shape index (κ1) is 16.4. The fourth-order valence-corrected chi connectivity index (χ4v) is 2.19. The van der Waals surface area contributed by atoms with Crippen LogP contribution in [0.4, 0.5) is 13.6 Å². The molecular weight excluding hydrogens is 308 g/mol. The minimum atomic E-state index is -1.59. The molecule has 1 heterocycles. The first-order valence-electron chi connectivity index (χ1n) is 6.59. The highest BCUT2D eigenvalue weighted by molar-refractivity contribution is 6.09. The maximum Gasteiger partial charge on any atom is 0.325 e. The topological polar surface area (TPSA) is 78.5 Å². The summed E-state index contributed by atoms with van der Waals surface area (Å²) in [7, 11) is 0. The number of rotatable bonds is 4. The Morgan fingerprint density at radius 3 is 2.70 bits per heavy atom. The number of carbonyl (C=O) groups excluding carboxylic acids is 3. The van der Waals surface area contributed by atoms with Gasteiger partial charge in [0, 0.05) is 0 Å². The number of benzene rings is 1. The Bertz CT molecular complexity index is 729. The lowest BCUT2D eigenvalue weighted by atomic mass is 9.92. The Labute approximate surface area is 130 Å². The molecule has 120 valence electrons. The lowest BCUT2D eigenvalue weighted by Crippen LogP contribution is -2.43. The van der Waals surface area contributed by atoms with Gasteiger partial charge >= 0.3 is 6.03 Å². The van der Waals surface area contributed by atoms with Crippen LogP contribution in [0.5, 0.6) is 0 Å². The molecule has 0 aliphatic carbocycles. The molecule has 4 amide bonds. The molecule has 1 saturated heterocycles. The summed E-state index contributed by atoms with van der Waals surface area (Å²) in [6.07, 6.45) is 4.99. The van der Waals surface area contributed by atoms with E-state index in [4.69, 9.17) is 6.42 Å². The van der Waals surface area contributed by atoms with Crippen LogP contribution in [0.1, 0.15) is 12.5 Å². The number of halogens is 2. The maximum atomic E-state index is 13.4. The van der Waals surface area contributed by atoms with Crippen molar-refractivity contribution in [3.63, 3.8) is 0 Å². The van der Waals surface area contributed by atoms with Crippen LogP contribution in [0.25, 0.3) is 0 Å². The van der Waals surface area contributed by atoms with E-state index in [1.54, 1.807) is 0 Å². The van der Waals surface area contributed by atoms with Gasteiger partial charge in [0.2, 0.25) is 5.91 Å². The van der Waals surface area contributed by atoms with E-state index >= 15 is 0 Å². The average molecular weight is 321 g/mol. The van der Waals surface area contributed by atoms with Gasteiger partial charge in [-0.25, -0.2) is 13.6 Å². The molecule has 1 unspecified atom stereocenters. The van der Waals surface area contributed by atoms with E-state index < -0.39 is 41.6 Å². The number of nitrogens with zero attached hydrogens (tertiary/aromatic N) is 1. The van der Waals surface area contributed by atoms with Crippen molar-refractivity contribution >= 4 is 17.8 Å². The highest BCUT2D eigenvalue weighted by Gasteiger charge is 2.49. The van der Waals surface area contributed by atoms with Gasteiger partial charge < -0.3 is 10.6 Å². The van der Waals surface area contributed by atoms with Crippen LogP contribution in [0.15, 0.2) is 18.2 Å². The molecule has 2 rings (SSSR count). The molecule has 0 spiro atoms. The van der Waals surface area contributed by atoms with Crippen molar-refractivity contribution in [2.75, 3.05) is 13.1 Å². The number of nitrogens with one attached hydrogen (secondary N) is 2. The Morgan fingerprint density at radius 1 is 1.39 bits per heavy atom. The number of hydrogen-bond acceptors (Lipinski definition) is 3. The highest BCUT2D eigenvalue weighted by atomic mass is 19.2. The van der Waals surface area contributed by atoms with Gasteiger partial charge in [-0.3, -0.25) is 14.5 Å². The molecule has 23 heavy (non-hydrogen) atoms. The zero-order valence-electron chi connectivity index (χ0n) is 12.2. The van der Waals surface area contributed by atoms with Gasteiger partial charge in [0.25, 0.3) is 5.91 Å². The van der Waals surface area contributed by atoms with E-state index in [1.165, 1.54) is 13.0 Å². The van der Waals surface area contributed by atoms with E-state index in [-0.39, 0.29) is 12.1 Å². The van der Waals surface area contributed by atoms with Crippen molar-refractivity contribution < 1.29 is 23.2 Å². The van der Waals surface area contributed by atoms with Crippen LogP contribution in [-0.2, 0) is 15.1 Å². The van der Waals surface area contributed by atoms with Crippen LogP contribution in [0.3, 0.4) is 0 Å². The Hall–Kier alpha value is -2.95. The van der Waals surface area contributed by atoms with E-state index in [0.29, 0.717) is 4.90 Å². The minimum absolute atomic E-state index is 0.0388. The molecule has 0 radical (unpaired) electrons. The van der Waals surface area contributed by atoms with Gasteiger partial charge in [0.15, 0.2) is 11.6 Å². The number of amides is 4. The molecular formula is C15H13F2N3O3. The molecule has 8 heteroatoms. The van der Waals surface area contributed by atoms with Gasteiger partial charge in [0.05, 0.1) is 6.54 Å². The van der Waals surface area contributed by atoms with E-state index in [1.807, 2.05) is 0 Å². The fourth-order valence-electron chi connectivity index (χ4n) is 2.19. The van der Waals surface area contributed by atoms with Crippen LogP contribution in [0.2, 0.25) is 0 Å². The van der Waals surface area contributed by atoms with Gasteiger partial charge in [-0.05, 0) is 24.6 Å². The summed E-state index contributed by atoms with van der Waals surface area (Å²) in [6, 6.07) is 2.07. The number of carbonyl (C=O) groups is 3. The van der Waals surface area contributed by atoms with E-state index in [2.05, 4.69) is 16.6 Å². The van der Waals surface area contributed by atoms with Crippen molar-refractivity contribution in [1.82, 2.24) is 15.5 Å². The predicted molar refractivity (Wildman–Crippen MR) is 75.8 cm³/mol. The number of urea groups is 1. The molecule has 1 atom stereocenters. The zero-order valence-corrected chi connectivity index (χ0v) is 12.2. The minimum Gasteiger partial charge on any atom is -0.344 e. The molecule has 2 N–H and O–H groups in total. The van der Waals surface area contributed by atoms with Crippen molar-refractivity contribution in [2.24, 2.45) is 0 Å². The summed E-state index contributed by atoms with van der Waals surface area (Å²) in [5, 5.41) is 4.71. The van der Waals surface area contributed by atoms with Gasteiger partial charge in [-0.2, -0.15) is 0 Å². The molecule has 6 nitrogen and oxygen atoms in total. The first-order chi connectivity index (χ1) is 10.8. The molecule has 1 fully saturated rings. The average Bonchev–Trinajstić information content (AvgIpc) is 2.72. The summed E-state index contributed by atoms with van der Waals surface area (Å²) in [5.41, 5.74) is -1.51. The fraction of sp³-hybridized carbons (Fsp3) is 0.267. The Morgan fingerprint density at radius 2 is 2.09 bits per heavy atom. The standard InChI is InChI=1S/C15H13F2N3O3/c1-3-6-18-12(21)8-20-13(22)15(2,19-14(20)23)9-4-5-10(16)11(17)7-9/h1,4-5,7H,6,8H2,2H3,(H,18,21)(H,19,23). The number of terminal acetylenes is 1. The summed E-state index contributed by atoms with van der Waals surface area (Å²) in [4.78, 5) is 36.7. The van der Waals surface area contributed by atoms with Crippen molar-refractivity contribution in [3.8, 4) is 12.3 Å². The number of imide groups is 1. The van der Waals surface area contributed by atoms with Gasteiger partial charge in [-0.1, -0.05) is 12.0 Å². The van der Waals surface area contributed by atoms with E-state index in [9.17, 15) is 23.2 Å². The van der Waals surface area contributed by atoms with Crippen molar-refractivity contribution in [2.45, 2.75) is 12.5 Å². The Kier molecular flexibility index (Phi) is 4.31. The van der Waals surface area contributed by atoms with Crippen LogP contribution >= 0.6 is 0 Å². The summed E-state index contributed by atoms with van der Waals surface area (Å²) < 4.78 is 26.4. The summed E-state index contributed by atoms with van der Waals surface area (Å²) in [6.45, 7) is 0.786. The lowest BCUT2D eigenvalue weighted by Gasteiger charge is -2.22. The SMILES string of the molecule is C#CCNC(=O)CN1C(=O)NC(C)(c2ccc(F)c(F)c2)C1=O. The highest BCUT2D eigenvalue weighted by Crippen LogP contribution is 2.29. The van der Waals surface area contributed by atoms with Crippen LogP contribution in [-0.4, -0.2) is 35.8 Å². The number of hydrogen-bond donors (Lipinski definition) is 2. The summed E-state index contributed by atoms with van der Waals surface area (Å²) >= 11 is 0. The normalized spacial score (nSPS) is 20.2. The molecule has 0 aromatic heterocycles. The third-order valence-corrected chi connectivity index (χ3v) is 3.46. The molecule has 0 saturated carbocycles. The molecule has 1 aromatic carbocycles. The third-order valence-electron chi connectivity index (χ3n) is 3.46. The second-order valence-corrected chi connectivity index (χ2v) is 5.06.